The molecule has 116 valence electrons. The molecule has 0 unspecified atom stereocenters. The van der Waals surface area contributed by atoms with E-state index < -0.39 is 0 Å². The maximum absolute atomic E-state index is 12.1. The van der Waals surface area contributed by atoms with Gasteiger partial charge in [-0.25, -0.2) is 0 Å². The molecule has 1 aromatic carbocycles. The molecule has 0 saturated carbocycles. The topological polar surface area (TPSA) is 44.8 Å². The van der Waals surface area contributed by atoms with E-state index in [-0.39, 0.29) is 5.91 Å². The van der Waals surface area contributed by atoms with E-state index >= 15 is 0 Å². The molecule has 1 aromatic rings. The van der Waals surface area contributed by atoms with Crippen molar-refractivity contribution in [3.05, 3.63) is 24.3 Å². The molecule has 0 radical (unpaired) electrons. The minimum atomic E-state index is 0.255. The maximum atomic E-state index is 12.1. The van der Waals surface area contributed by atoms with Gasteiger partial charge in [-0.15, -0.1) is 0 Å². The summed E-state index contributed by atoms with van der Waals surface area (Å²) < 4.78 is 5.17. The van der Waals surface area contributed by atoms with Gasteiger partial charge in [-0.05, 0) is 30.8 Å². The van der Waals surface area contributed by atoms with Gasteiger partial charge in [0, 0.05) is 44.8 Å². The average Bonchev–Trinajstić information content (AvgIpc) is 2.55. The highest BCUT2D eigenvalue weighted by Gasteiger charge is 2.20. The van der Waals surface area contributed by atoms with Crippen LogP contribution >= 0.6 is 0 Å². The molecule has 1 fully saturated rings. The first-order valence-corrected chi connectivity index (χ1v) is 7.62. The second-order valence-corrected chi connectivity index (χ2v) is 5.17. The van der Waals surface area contributed by atoms with Crippen molar-refractivity contribution < 1.29 is 9.53 Å². The fourth-order valence-corrected chi connectivity index (χ4v) is 2.54. The Balaban J connectivity index is 1.80. The minimum Gasteiger partial charge on any atom is -0.497 e. The van der Waals surface area contributed by atoms with E-state index in [1.54, 1.807) is 7.11 Å². The van der Waals surface area contributed by atoms with Crippen LogP contribution in [-0.4, -0.2) is 57.2 Å². The summed E-state index contributed by atoms with van der Waals surface area (Å²) in [6.45, 7) is 7.12. The van der Waals surface area contributed by atoms with Gasteiger partial charge in [0.25, 0.3) is 0 Å². The van der Waals surface area contributed by atoms with Gasteiger partial charge in [-0.1, -0.05) is 6.92 Å². The summed E-state index contributed by atoms with van der Waals surface area (Å²) in [5.41, 5.74) is 1.19. The Hall–Kier alpha value is -1.75. The van der Waals surface area contributed by atoms with Crippen molar-refractivity contribution in [3.63, 3.8) is 0 Å². The Morgan fingerprint density at radius 1 is 1.19 bits per heavy atom. The number of rotatable bonds is 6. The highest BCUT2D eigenvalue weighted by molar-refractivity contribution is 5.76. The third-order valence-corrected chi connectivity index (χ3v) is 3.84. The van der Waals surface area contributed by atoms with Crippen LogP contribution < -0.4 is 15.0 Å². The highest BCUT2D eigenvalue weighted by atomic mass is 16.5. The predicted molar refractivity (Wildman–Crippen MR) is 84.9 cm³/mol. The van der Waals surface area contributed by atoms with Gasteiger partial charge >= 0.3 is 0 Å². The average molecular weight is 291 g/mol. The number of nitrogens with zero attached hydrogens (tertiary/aromatic N) is 2. The Bertz CT molecular complexity index is 439. The monoisotopic (exact) mass is 291 g/mol. The Labute approximate surface area is 126 Å². The summed E-state index contributed by atoms with van der Waals surface area (Å²) in [4.78, 5) is 16.3. The second kappa shape index (κ2) is 7.88. The standard InChI is InChI=1S/C16H25N3O2/c1-3-17-9-8-16(20)19-12-10-18(11-13-19)14-4-6-15(21-2)7-5-14/h4-7,17H,3,8-13H2,1-2H3. The molecular formula is C16H25N3O2. The van der Waals surface area contributed by atoms with Gasteiger partial charge in [0.15, 0.2) is 0 Å². The maximum Gasteiger partial charge on any atom is 0.223 e. The fraction of sp³-hybridized carbons (Fsp3) is 0.562. The van der Waals surface area contributed by atoms with Gasteiger partial charge in [0.05, 0.1) is 7.11 Å². The number of hydrogen-bond acceptors (Lipinski definition) is 4. The molecule has 5 nitrogen and oxygen atoms in total. The zero-order chi connectivity index (χ0) is 15.1. The first kappa shape index (κ1) is 15.6. The van der Waals surface area contributed by atoms with Crippen LogP contribution in [0.1, 0.15) is 13.3 Å². The number of amides is 1. The number of nitrogens with one attached hydrogen (secondary N) is 1. The third-order valence-electron chi connectivity index (χ3n) is 3.84. The lowest BCUT2D eigenvalue weighted by Crippen LogP contribution is -2.49. The van der Waals surface area contributed by atoms with Crippen LogP contribution in [0.3, 0.4) is 0 Å². The van der Waals surface area contributed by atoms with Crippen molar-refractivity contribution in [1.82, 2.24) is 10.2 Å². The Morgan fingerprint density at radius 3 is 2.43 bits per heavy atom. The normalized spacial score (nSPS) is 15.1. The summed E-state index contributed by atoms with van der Waals surface area (Å²) in [7, 11) is 1.67. The van der Waals surface area contributed by atoms with Crippen LogP contribution in [0.25, 0.3) is 0 Å². The van der Waals surface area contributed by atoms with Crippen molar-refractivity contribution >= 4 is 11.6 Å². The van der Waals surface area contributed by atoms with Crippen molar-refractivity contribution in [2.24, 2.45) is 0 Å². The zero-order valence-electron chi connectivity index (χ0n) is 13.0. The molecule has 1 heterocycles. The number of hydrogen-bond donors (Lipinski definition) is 1. The van der Waals surface area contributed by atoms with Gasteiger partial charge in [-0.3, -0.25) is 4.79 Å². The van der Waals surface area contributed by atoms with E-state index in [1.165, 1.54) is 5.69 Å². The van der Waals surface area contributed by atoms with E-state index in [9.17, 15) is 4.79 Å². The Kier molecular flexibility index (Phi) is 5.87. The van der Waals surface area contributed by atoms with Crippen LogP contribution in [0.15, 0.2) is 24.3 Å². The first-order chi connectivity index (χ1) is 10.2. The summed E-state index contributed by atoms with van der Waals surface area (Å²) in [5.74, 6) is 1.13. The molecule has 1 saturated heterocycles. The summed E-state index contributed by atoms with van der Waals surface area (Å²) in [6.07, 6.45) is 0.594. The molecule has 0 aliphatic carbocycles. The number of methoxy groups -OCH3 is 1. The van der Waals surface area contributed by atoms with Crippen molar-refractivity contribution in [3.8, 4) is 5.75 Å². The summed E-state index contributed by atoms with van der Waals surface area (Å²) in [6, 6.07) is 8.09. The van der Waals surface area contributed by atoms with Crippen LogP contribution in [-0.2, 0) is 4.79 Å². The predicted octanol–water partition coefficient (Wildman–Crippen LogP) is 1.34. The van der Waals surface area contributed by atoms with Gasteiger partial charge < -0.3 is 19.9 Å². The van der Waals surface area contributed by atoms with Gasteiger partial charge in [-0.2, -0.15) is 0 Å². The number of piperazine rings is 1. The lowest BCUT2D eigenvalue weighted by atomic mass is 10.2. The largest absolute Gasteiger partial charge is 0.497 e. The SMILES string of the molecule is CCNCCC(=O)N1CCN(c2ccc(OC)cc2)CC1. The molecule has 1 amide bonds. The van der Waals surface area contributed by atoms with E-state index in [2.05, 4.69) is 29.3 Å². The quantitative estimate of drug-likeness (QED) is 0.804. The third kappa shape index (κ3) is 4.36. The fourth-order valence-electron chi connectivity index (χ4n) is 2.54. The molecule has 0 bridgehead atoms. The smallest absolute Gasteiger partial charge is 0.223 e. The van der Waals surface area contributed by atoms with Crippen molar-refractivity contribution in [1.29, 1.82) is 0 Å². The molecule has 2 rings (SSSR count). The lowest BCUT2D eigenvalue weighted by Gasteiger charge is -2.36. The number of carbonyl (C=O) groups is 1. The molecule has 1 aliphatic heterocycles. The van der Waals surface area contributed by atoms with Gasteiger partial charge in [0.1, 0.15) is 5.75 Å². The van der Waals surface area contributed by atoms with Crippen molar-refractivity contribution in [2.45, 2.75) is 13.3 Å². The molecule has 1 N–H and O–H groups in total. The molecular weight excluding hydrogens is 266 g/mol. The number of benzene rings is 1. The molecule has 1 aliphatic rings. The van der Waals surface area contributed by atoms with Crippen LogP contribution in [0.2, 0.25) is 0 Å². The molecule has 0 spiro atoms. The van der Waals surface area contributed by atoms with Crippen molar-refractivity contribution in [2.75, 3.05) is 51.3 Å². The van der Waals surface area contributed by atoms with Crippen LogP contribution in [0.5, 0.6) is 5.75 Å². The summed E-state index contributed by atoms with van der Waals surface area (Å²) >= 11 is 0. The lowest BCUT2D eigenvalue weighted by molar-refractivity contribution is -0.131. The number of anilines is 1. The van der Waals surface area contributed by atoms with E-state index in [4.69, 9.17) is 4.74 Å². The van der Waals surface area contributed by atoms with E-state index in [0.29, 0.717) is 6.42 Å². The first-order valence-electron chi connectivity index (χ1n) is 7.62. The van der Waals surface area contributed by atoms with Crippen LogP contribution in [0, 0.1) is 0 Å². The zero-order valence-corrected chi connectivity index (χ0v) is 13.0. The van der Waals surface area contributed by atoms with Gasteiger partial charge in [0.2, 0.25) is 5.91 Å². The molecule has 5 heteroatoms. The highest BCUT2D eigenvalue weighted by Crippen LogP contribution is 2.20. The second-order valence-electron chi connectivity index (χ2n) is 5.17. The van der Waals surface area contributed by atoms with E-state index in [0.717, 1.165) is 45.0 Å². The summed E-state index contributed by atoms with van der Waals surface area (Å²) in [5, 5.41) is 3.19. The molecule has 0 atom stereocenters. The molecule has 21 heavy (non-hydrogen) atoms. The minimum absolute atomic E-state index is 0.255. The van der Waals surface area contributed by atoms with Crippen LogP contribution in [0.4, 0.5) is 5.69 Å². The number of ether oxygens (including phenoxy) is 1. The molecule has 0 aromatic heterocycles. The van der Waals surface area contributed by atoms with E-state index in [1.807, 2.05) is 17.0 Å². The Morgan fingerprint density at radius 2 is 1.86 bits per heavy atom. The number of carbonyl (C=O) groups excluding carboxylic acids is 1.